The van der Waals surface area contributed by atoms with E-state index in [9.17, 15) is 0 Å². The second-order valence-electron chi connectivity index (χ2n) is 9.52. The van der Waals surface area contributed by atoms with Crippen LogP contribution in [0.2, 0.25) is 0 Å². The molecule has 0 radical (unpaired) electrons. The van der Waals surface area contributed by atoms with Gasteiger partial charge in [0.25, 0.3) is 0 Å². The fraction of sp³-hybridized carbons (Fsp3) is 0.286. The predicted octanol–water partition coefficient (Wildman–Crippen LogP) is 9.87. The molecule has 0 nitrogen and oxygen atoms in total. The van der Waals surface area contributed by atoms with Crippen LogP contribution in [0.25, 0.3) is 24.3 Å². The van der Waals surface area contributed by atoms with Crippen molar-refractivity contribution in [2.45, 2.75) is 60.8 Å². The zero-order valence-corrected chi connectivity index (χ0v) is 21.8. The Hall–Kier alpha value is -1.68. The molecule has 0 aliphatic heterocycles. The SMILES string of the molecule is CC(C)(C)Sc1ccc(/C=C/c2csc(/C=C/c3ccc(SC(C)(C)C)cc3)c2)cc1. The Balaban J connectivity index is 1.58. The summed E-state index contributed by atoms with van der Waals surface area (Å²) in [6.45, 7) is 13.5. The van der Waals surface area contributed by atoms with E-state index in [0.29, 0.717) is 0 Å². The summed E-state index contributed by atoms with van der Waals surface area (Å²) < 4.78 is 0.483. The molecule has 0 atom stereocenters. The van der Waals surface area contributed by atoms with E-state index < -0.39 is 0 Å². The van der Waals surface area contributed by atoms with Crippen LogP contribution in [0.4, 0.5) is 0 Å². The maximum absolute atomic E-state index is 2.25. The molecule has 0 N–H and O–H groups in total. The summed E-state index contributed by atoms with van der Waals surface area (Å²) in [5, 5.41) is 2.21. The van der Waals surface area contributed by atoms with Crippen LogP contribution < -0.4 is 0 Å². The minimum Gasteiger partial charge on any atom is -0.144 e. The van der Waals surface area contributed by atoms with Gasteiger partial charge in [-0.2, -0.15) is 0 Å². The van der Waals surface area contributed by atoms with Gasteiger partial charge < -0.3 is 0 Å². The smallest absolute Gasteiger partial charge is 0.0276 e. The molecule has 0 aliphatic rings. The number of benzene rings is 2. The number of hydrogen-bond donors (Lipinski definition) is 0. The fourth-order valence-corrected chi connectivity index (χ4v) is 5.64. The van der Waals surface area contributed by atoms with Gasteiger partial charge in [0, 0.05) is 24.2 Å². The lowest BCUT2D eigenvalue weighted by Crippen LogP contribution is -2.06. The molecule has 162 valence electrons. The minimum absolute atomic E-state index is 0.241. The maximum atomic E-state index is 2.25. The van der Waals surface area contributed by atoms with Crippen molar-refractivity contribution in [3.05, 3.63) is 81.5 Å². The third-order valence-electron chi connectivity index (χ3n) is 4.16. The number of rotatable bonds is 6. The van der Waals surface area contributed by atoms with E-state index in [0.717, 1.165) is 0 Å². The molecule has 3 heteroatoms. The highest BCUT2D eigenvalue weighted by Gasteiger charge is 2.12. The van der Waals surface area contributed by atoms with Crippen LogP contribution in [0, 0.1) is 0 Å². The number of hydrogen-bond acceptors (Lipinski definition) is 3. The van der Waals surface area contributed by atoms with Crippen molar-refractivity contribution < 1.29 is 0 Å². The molecule has 0 unspecified atom stereocenters. The average molecular weight is 465 g/mol. The van der Waals surface area contributed by atoms with Crippen LogP contribution in [0.3, 0.4) is 0 Å². The van der Waals surface area contributed by atoms with E-state index in [1.165, 1.54) is 31.4 Å². The Morgan fingerprint density at radius 3 is 1.45 bits per heavy atom. The fourth-order valence-electron chi connectivity index (χ4n) is 2.92. The van der Waals surface area contributed by atoms with Gasteiger partial charge in [0.2, 0.25) is 0 Å². The van der Waals surface area contributed by atoms with E-state index in [4.69, 9.17) is 0 Å². The molecular weight excluding hydrogens is 433 g/mol. The third kappa shape index (κ3) is 8.76. The molecule has 0 spiro atoms. The molecule has 0 aliphatic carbocycles. The van der Waals surface area contributed by atoms with Gasteiger partial charge in [0.15, 0.2) is 0 Å². The highest BCUT2D eigenvalue weighted by atomic mass is 32.2. The quantitative estimate of drug-likeness (QED) is 0.333. The summed E-state index contributed by atoms with van der Waals surface area (Å²) in [4.78, 5) is 3.90. The van der Waals surface area contributed by atoms with E-state index in [2.05, 4.69) is 126 Å². The summed E-state index contributed by atoms with van der Waals surface area (Å²) in [6.07, 6.45) is 8.77. The van der Waals surface area contributed by atoms with Gasteiger partial charge in [0.1, 0.15) is 0 Å². The summed E-state index contributed by atoms with van der Waals surface area (Å²) in [5.74, 6) is 0. The van der Waals surface area contributed by atoms with Gasteiger partial charge in [-0.05, 0) is 58.5 Å². The van der Waals surface area contributed by atoms with E-state index in [-0.39, 0.29) is 9.49 Å². The van der Waals surface area contributed by atoms with Crippen LogP contribution in [-0.4, -0.2) is 9.49 Å². The third-order valence-corrected chi connectivity index (χ3v) is 7.31. The van der Waals surface area contributed by atoms with Crippen LogP contribution in [0.5, 0.6) is 0 Å². The first-order chi connectivity index (χ1) is 14.6. The standard InChI is InChI=1S/C28H32S3/c1-27(2,3)30-24-14-9-21(10-15-24)7-8-23-19-26(29-20-23)18-13-22-11-16-25(17-12-22)31-28(4,5)6/h7-20H,1-6H3/b8-7+,18-13+. The van der Waals surface area contributed by atoms with Gasteiger partial charge >= 0.3 is 0 Å². The normalized spacial score (nSPS) is 12.8. The summed E-state index contributed by atoms with van der Waals surface area (Å²) in [7, 11) is 0. The minimum atomic E-state index is 0.241. The highest BCUT2D eigenvalue weighted by Crippen LogP contribution is 2.33. The van der Waals surface area contributed by atoms with Crippen LogP contribution in [0.15, 0.2) is 69.8 Å². The maximum Gasteiger partial charge on any atom is 0.0276 e. The molecule has 3 rings (SSSR count). The van der Waals surface area contributed by atoms with Crippen LogP contribution >= 0.6 is 34.9 Å². The Kier molecular flexibility index (Phi) is 7.96. The molecule has 0 saturated carbocycles. The molecule has 0 fully saturated rings. The van der Waals surface area contributed by atoms with Gasteiger partial charge in [-0.15, -0.1) is 34.9 Å². The molecule has 3 aromatic rings. The van der Waals surface area contributed by atoms with Gasteiger partial charge in [-0.1, -0.05) is 84.0 Å². The highest BCUT2D eigenvalue weighted by molar-refractivity contribution is 8.00. The lowest BCUT2D eigenvalue weighted by molar-refractivity contribution is 0.802. The summed E-state index contributed by atoms with van der Waals surface area (Å²) in [6, 6.07) is 19.9. The van der Waals surface area contributed by atoms with Crippen molar-refractivity contribution in [1.82, 2.24) is 0 Å². The Labute approximate surface area is 200 Å². The van der Waals surface area contributed by atoms with E-state index in [1.807, 2.05) is 23.5 Å². The topological polar surface area (TPSA) is 0 Å². The van der Waals surface area contributed by atoms with Gasteiger partial charge in [-0.3, -0.25) is 0 Å². The Bertz CT molecular complexity index is 938. The van der Waals surface area contributed by atoms with Crippen molar-refractivity contribution >= 4 is 59.2 Å². The lowest BCUT2D eigenvalue weighted by Gasteiger charge is -2.17. The van der Waals surface area contributed by atoms with Crippen molar-refractivity contribution in [2.24, 2.45) is 0 Å². The first kappa shape index (κ1) is 24.0. The number of thioether (sulfide) groups is 2. The largest absolute Gasteiger partial charge is 0.144 e. The average Bonchev–Trinajstić information content (AvgIpc) is 3.12. The van der Waals surface area contributed by atoms with Gasteiger partial charge in [0.05, 0.1) is 0 Å². The molecule has 0 saturated heterocycles. The number of thiophene rings is 1. The summed E-state index contributed by atoms with van der Waals surface area (Å²) in [5.41, 5.74) is 3.71. The lowest BCUT2D eigenvalue weighted by atomic mass is 10.1. The molecule has 31 heavy (non-hydrogen) atoms. The van der Waals surface area contributed by atoms with E-state index in [1.54, 1.807) is 11.3 Å². The molecule has 1 aromatic heterocycles. The first-order valence-electron chi connectivity index (χ1n) is 10.6. The molecule has 0 bridgehead atoms. The first-order valence-corrected chi connectivity index (χ1v) is 13.1. The van der Waals surface area contributed by atoms with Crippen molar-refractivity contribution in [3.8, 4) is 0 Å². The molecule has 1 heterocycles. The van der Waals surface area contributed by atoms with Crippen LogP contribution in [0.1, 0.15) is 63.1 Å². The summed E-state index contributed by atoms with van der Waals surface area (Å²) >= 11 is 5.58. The second-order valence-corrected chi connectivity index (χ2v) is 14.3. The van der Waals surface area contributed by atoms with Crippen LogP contribution in [-0.2, 0) is 0 Å². The zero-order valence-electron chi connectivity index (χ0n) is 19.3. The van der Waals surface area contributed by atoms with Crippen molar-refractivity contribution in [1.29, 1.82) is 0 Å². The molecule has 2 aromatic carbocycles. The second kappa shape index (κ2) is 10.3. The molecular formula is C28H32S3. The molecule has 0 amide bonds. The Morgan fingerprint density at radius 1 is 0.581 bits per heavy atom. The Morgan fingerprint density at radius 2 is 1.00 bits per heavy atom. The van der Waals surface area contributed by atoms with Crippen molar-refractivity contribution in [2.75, 3.05) is 0 Å². The van der Waals surface area contributed by atoms with Gasteiger partial charge in [-0.25, -0.2) is 0 Å². The predicted molar refractivity (Wildman–Crippen MR) is 146 cm³/mol. The monoisotopic (exact) mass is 464 g/mol. The van der Waals surface area contributed by atoms with E-state index >= 15 is 0 Å². The van der Waals surface area contributed by atoms with Crippen molar-refractivity contribution in [3.63, 3.8) is 0 Å². The zero-order chi connectivity index (χ0) is 22.5.